The second kappa shape index (κ2) is 9.85. The quantitative estimate of drug-likeness (QED) is 0.493. The number of carbonyl (C=O) groups excluding carboxylic acids is 3. The molecule has 3 aliphatic rings. The number of amides is 4. The van der Waals surface area contributed by atoms with Crippen LogP contribution in [0.2, 0.25) is 0 Å². The molecule has 4 amide bonds. The van der Waals surface area contributed by atoms with Crippen LogP contribution in [-0.4, -0.2) is 76.3 Å². The number of benzene rings is 1. The Morgan fingerprint density at radius 3 is 2.56 bits per heavy atom. The number of hydrogen-bond acceptors (Lipinski definition) is 4. The van der Waals surface area contributed by atoms with Crippen molar-refractivity contribution in [1.82, 2.24) is 15.1 Å². The maximum absolute atomic E-state index is 13.3. The molecule has 4 rings (SSSR count). The smallest absolute Gasteiger partial charge is 0.383 e. The molecule has 2 atom stereocenters. The largest absolute Gasteiger partial charge is 0.473 e. The Hall–Kier alpha value is -2.76. The summed E-state index contributed by atoms with van der Waals surface area (Å²) in [6.07, 6.45) is -1.72. The second-order valence-corrected chi connectivity index (χ2v) is 9.84. The van der Waals surface area contributed by atoms with Crippen LogP contribution in [-0.2, 0) is 11.3 Å². The summed E-state index contributed by atoms with van der Waals surface area (Å²) in [5.41, 5.74) is 6.71. The molecule has 184 valence electrons. The van der Waals surface area contributed by atoms with Gasteiger partial charge in [-0.3, -0.25) is 9.59 Å². The highest BCUT2D eigenvalue weighted by molar-refractivity contribution is 7.99. The lowest BCUT2D eigenvalue weighted by atomic mass is 9.89. The van der Waals surface area contributed by atoms with Gasteiger partial charge in [-0.05, 0) is 24.5 Å². The molecule has 8 nitrogen and oxygen atoms in total. The van der Waals surface area contributed by atoms with Crippen LogP contribution in [0.5, 0.6) is 0 Å². The maximum Gasteiger partial charge on any atom is 0.473 e. The molecule has 2 unspecified atom stereocenters. The number of amidine groups is 1. The van der Waals surface area contributed by atoms with Gasteiger partial charge in [-0.25, -0.2) is 4.79 Å². The lowest BCUT2D eigenvalue weighted by Gasteiger charge is -2.39. The molecule has 3 N–H and O–H groups in total. The third kappa shape index (κ3) is 5.16. The van der Waals surface area contributed by atoms with E-state index in [9.17, 15) is 27.6 Å². The van der Waals surface area contributed by atoms with E-state index in [0.29, 0.717) is 30.8 Å². The number of aliphatic imine (C=N–C) groups is 1. The Morgan fingerprint density at radius 1 is 1.15 bits per heavy atom. The Kier molecular flexibility index (Phi) is 7.06. The van der Waals surface area contributed by atoms with Gasteiger partial charge in [0.1, 0.15) is 5.84 Å². The molecule has 34 heavy (non-hydrogen) atoms. The molecule has 12 heteroatoms. The van der Waals surface area contributed by atoms with Gasteiger partial charge >= 0.3 is 18.1 Å². The van der Waals surface area contributed by atoms with Crippen molar-refractivity contribution in [3.8, 4) is 0 Å². The number of alkyl halides is 3. The van der Waals surface area contributed by atoms with E-state index in [1.54, 1.807) is 15.9 Å². The molecule has 2 aliphatic heterocycles. The summed E-state index contributed by atoms with van der Waals surface area (Å²) in [5.74, 6) is -1.35. The van der Waals surface area contributed by atoms with Crippen molar-refractivity contribution >= 4 is 35.4 Å². The van der Waals surface area contributed by atoms with Crippen molar-refractivity contribution in [3.63, 3.8) is 0 Å². The standard InChI is InChI=1S/C22H26F3N5O3S/c23-22(24,25)20(32)28-18(26)13-5-6-14-12-30(19(31)15(14)11-13)17-4-2-1-3-16(17)27-21(33)29-7-9-34-10-8-29/h5-6,11,16-17H,1-4,7-10,12H2,(H,27,33)(H2,26,28,32). The molecule has 1 aromatic rings. The molecule has 0 radical (unpaired) electrons. The van der Waals surface area contributed by atoms with E-state index in [1.807, 2.05) is 11.8 Å². The molecule has 2 fully saturated rings. The van der Waals surface area contributed by atoms with Gasteiger partial charge in [0.05, 0.1) is 12.1 Å². The number of urea groups is 1. The number of nitrogens with one attached hydrogen (secondary N) is 1. The summed E-state index contributed by atoms with van der Waals surface area (Å²) in [6.45, 7) is 1.74. The molecule has 1 aliphatic carbocycles. The van der Waals surface area contributed by atoms with Crippen LogP contribution in [0.25, 0.3) is 0 Å². The number of rotatable bonds is 3. The van der Waals surface area contributed by atoms with Crippen molar-refractivity contribution < 1.29 is 27.6 Å². The average molecular weight is 498 g/mol. The molecule has 0 aromatic heterocycles. The van der Waals surface area contributed by atoms with Gasteiger partial charge in [0.25, 0.3) is 5.91 Å². The predicted octanol–water partition coefficient (Wildman–Crippen LogP) is 2.51. The fraction of sp³-hybridized carbons (Fsp3) is 0.545. The zero-order valence-electron chi connectivity index (χ0n) is 18.4. The molecular weight excluding hydrogens is 471 g/mol. The van der Waals surface area contributed by atoms with Gasteiger partial charge in [-0.1, -0.05) is 25.0 Å². The van der Waals surface area contributed by atoms with Crippen LogP contribution in [0.3, 0.4) is 0 Å². The first kappa shape index (κ1) is 24.4. The van der Waals surface area contributed by atoms with Crippen LogP contribution in [0.1, 0.15) is 47.2 Å². The highest BCUT2D eigenvalue weighted by Gasteiger charge is 2.40. The number of nitrogens with two attached hydrogens (primary N) is 1. The molecule has 0 spiro atoms. The van der Waals surface area contributed by atoms with Crippen molar-refractivity contribution in [2.24, 2.45) is 10.7 Å². The molecule has 1 aromatic carbocycles. The maximum atomic E-state index is 13.3. The normalized spacial score (nSPS) is 23.6. The fourth-order valence-corrected chi connectivity index (χ4v) is 5.56. The SMILES string of the molecule is NC(=NC(=O)C(F)(F)F)c1ccc2c(c1)C(=O)N(C1CCCCC1NC(=O)N1CCSCC1)C2. The van der Waals surface area contributed by atoms with Crippen LogP contribution in [0.15, 0.2) is 23.2 Å². The van der Waals surface area contributed by atoms with E-state index in [-0.39, 0.29) is 29.6 Å². The number of nitrogens with zero attached hydrogens (tertiary/aromatic N) is 3. The lowest BCUT2D eigenvalue weighted by molar-refractivity contribution is -0.169. The third-order valence-electron chi connectivity index (χ3n) is 6.44. The predicted molar refractivity (Wildman–Crippen MR) is 122 cm³/mol. The Balaban J connectivity index is 1.49. The highest BCUT2D eigenvalue weighted by atomic mass is 32.2. The van der Waals surface area contributed by atoms with E-state index < -0.39 is 17.9 Å². The van der Waals surface area contributed by atoms with E-state index >= 15 is 0 Å². The lowest BCUT2D eigenvalue weighted by Crippen LogP contribution is -2.56. The van der Waals surface area contributed by atoms with Crippen LogP contribution < -0.4 is 11.1 Å². The highest BCUT2D eigenvalue weighted by Crippen LogP contribution is 2.32. The second-order valence-electron chi connectivity index (χ2n) is 8.61. The summed E-state index contributed by atoms with van der Waals surface area (Å²) >= 11 is 1.82. The molecule has 1 saturated heterocycles. The minimum atomic E-state index is -5.12. The van der Waals surface area contributed by atoms with E-state index in [2.05, 4.69) is 10.3 Å². The summed E-state index contributed by atoms with van der Waals surface area (Å²) < 4.78 is 37.5. The first-order valence-corrected chi connectivity index (χ1v) is 12.3. The van der Waals surface area contributed by atoms with Crippen LogP contribution in [0.4, 0.5) is 18.0 Å². The minimum Gasteiger partial charge on any atom is -0.383 e. The van der Waals surface area contributed by atoms with Gasteiger partial charge in [0.15, 0.2) is 0 Å². The van der Waals surface area contributed by atoms with Crippen LogP contribution >= 0.6 is 11.8 Å². The third-order valence-corrected chi connectivity index (χ3v) is 7.38. The van der Waals surface area contributed by atoms with Gasteiger partial charge in [-0.15, -0.1) is 0 Å². The number of fused-ring (bicyclic) bond motifs is 1. The number of carbonyl (C=O) groups is 3. The Bertz CT molecular complexity index is 1010. The van der Waals surface area contributed by atoms with Gasteiger partial charge in [-0.2, -0.15) is 29.9 Å². The Labute approximate surface area is 199 Å². The molecule has 1 saturated carbocycles. The summed E-state index contributed by atoms with van der Waals surface area (Å²) in [7, 11) is 0. The Morgan fingerprint density at radius 2 is 1.85 bits per heavy atom. The monoisotopic (exact) mass is 497 g/mol. The number of thioether (sulfide) groups is 1. The first-order valence-electron chi connectivity index (χ1n) is 11.2. The first-order chi connectivity index (χ1) is 16.1. The summed E-state index contributed by atoms with van der Waals surface area (Å²) in [6, 6.07) is 3.98. The number of halogens is 3. The molecule has 0 bridgehead atoms. The van der Waals surface area contributed by atoms with E-state index in [0.717, 1.165) is 37.2 Å². The topological polar surface area (TPSA) is 108 Å². The summed E-state index contributed by atoms with van der Waals surface area (Å²) in [4.78, 5) is 43.6. The van der Waals surface area contributed by atoms with Crippen LogP contribution in [0, 0.1) is 0 Å². The van der Waals surface area contributed by atoms with Gasteiger partial charge < -0.3 is 20.9 Å². The number of hydrogen-bond donors (Lipinski definition) is 2. The van der Waals surface area contributed by atoms with E-state index in [4.69, 9.17) is 5.73 Å². The minimum absolute atomic E-state index is 0.0722. The summed E-state index contributed by atoms with van der Waals surface area (Å²) in [5, 5.41) is 3.13. The zero-order chi connectivity index (χ0) is 24.5. The van der Waals surface area contributed by atoms with Crippen molar-refractivity contribution in [2.45, 2.75) is 50.5 Å². The van der Waals surface area contributed by atoms with Crippen molar-refractivity contribution in [1.29, 1.82) is 0 Å². The van der Waals surface area contributed by atoms with E-state index in [1.165, 1.54) is 12.1 Å². The molecular formula is C22H26F3N5O3S. The van der Waals surface area contributed by atoms with Crippen molar-refractivity contribution in [3.05, 3.63) is 34.9 Å². The molecule has 2 heterocycles. The zero-order valence-corrected chi connectivity index (χ0v) is 19.3. The van der Waals surface area contributed by atoms with Gasteiger partial charge in [0.2, 0.25) is 0 Å². The van der Waals surface area contributed by atoms with Crippen molar-refractivity contribution in [2.75, 3.05) is 24.6 Å². The fourth-order valence-electron chi connectivity index (χ4n) is 4.66. The van der Waals surface area contributed by atoms with Gasteiger partial charge in [0, 0.05) is 42.3 Å². The average Bonchev–Trinajstić information content (AvgIpc) is 3.15.